The molecule has 168 valence electrons. The number of benzene rings is 1. The van der Waals surface area contributed by atoms with Crippen LogP contribution in [0.25, 0.3) is 0 Å². The van der Waals surface area contributed by atoms with Gasteiger partial charge in [-0.1, -0.05) is 51.1 Å². The number of likely N-dealkylation sites (tertiary alicyclic amines) is 1. The number of nitrogens with zero attached hydrogens (tertiary/aromatic N) is 1. The molecule has 1 aromatic carbocycles. The van der Waals surface area contributed by atoms with Crippen LogP contribution in [0.1, 0.15) is 45.6 Å². The van der Waals surface area contributed by atoms with E-state index in [0.29, 0.717) is 32.8 Å². The molecule has 1 aliphatic rings. The Kier molecular flexibility index (Phi) is 9.27. The number of carbonyl (C=O) groups excluding carboxylic acids is 2. The van der Waals surface area contributed by atoms with E-state index in [2.05, 4.69) is 0 Å². The summed E-state index contributed by atoms with van der Waals surface area (Å²) in [4.78, 5) is 26.6. The maximum atomic E-state index is 12.9. The van der Waals surface area contributed by atoms with Crippen LogP contribution in [0.2, 0.25) is 0 Å². The van der Waals surface area contributed by atoms with Crippen molar-refractivity contribution in [3.8, 4) is 0 Å². The van der Waals surface area contributed by atoms with Crippen LogP contribution in [0.4, 0.5) is 0 Å². The van der Waals surface area contributed by atoms with Crippen molar-refractivity contribution in [2.45, 2.75) is 64.8 Å². The minimum absolute atomic E-state index is 0.199. The van der Waals surface area contributed by atoms with Crippen LogP contribution < -0.4 is 5.73 Å². The quantitative estimate of drug-likeness (QED) is 0.462. The molecule has 0 aromatic heterocycles. The maximum Gasteiger partial charge on any atom is 0.328 e. The summed E-state index contributed by atoms with van der Waals surface area (Å²) in [6.07, 6.45) is 1.97. The molecule has 30 heavy (non-hydrogen) atoms. The first-order chi connectivity index (χ1) is 14.2. The zero-order chi connectivity index (χ0) is 22.1. The van der Waals surface area contributed by atoms with Crippen molar-refractivity contribution in [1.29, 1.82) is 0 Å². The van der Waals surface area contributed by atoms with Gasteiger partial charge in [-0.2, -0.15) is 0 Å². The molecule has 7 nitrogen and oxygen atoms in total. The summed E-state index contributed by atoms with van der Waals surface area (Å²) in [6.45, 7) is 7.91. The first kappa shape index (κ1) is 24.3. The van der Waals surface area contributed by atoms with Gasteiger partial charge in [-0.25, -0.2) is 4.79 Å². The Morgan fingerprint density at radius 2 is 1.83 bits per heavy atom. The molecule has 1 aromatic rings. The average Bonchev–Trinajstić information content (AvgIpc) is 3.15. The third-order valence-corrected chi connectivity index (χ3v) is 5.37. The summed E-state index contributed by atoms with van der Waals surface area (Å²) >= 11 is 0. The Morgan fingerprint density at radius 1 is 1.17 bits per heavy atom. The number of nitrogens with two attached hydrogens (primary N) is 1. The first-order valence-electron chi connectivity index (χ1n) is 10.6. The molecule has 0 spiro atoms. The van der Waals surface area contributed by atoms with Gasteiger partial charge in [0.2, 0.25) is 5.91 Å². The topological polar surface area (TPSA) is 91.1 Å². The lowest BCUT2D eigenvalue weighted by atomic mass is 9.86. The van der Waals surface area contributed by atoms with Gasteiger partial charge >= 0.3 is 5.97 Å². The predicted octanol–water partition coefficient (Wildman–Crippen LogP) is 2.52. The van der Waals surface area contributed by atoms with E-state index in [4.69, 9.17) is 19.9 Å². The van der Waals surface area contributed by atoms with Crippen LogP contribution in [0.5, 0.6) is 0 Å². The van der Waals surface area contributed by atoms with Gasteiger partial charge in [-0.15, -0.1) is 0 Å². The number of esters is 1. The SMILES string of the molecule is COC(=O)[C@@H]1CC(OCCCCOCc2ccccc2)CN1C(=O)[C@@H](N)C(C)(C)C. The lowest BCUT2D eigenvalue weighted by Gasteiger charge is -2.32. The van der Waals surface area contributed by atoms with E-state index in [1.807, 2.05) is 51.1 Å². The second-order valence-electron chi connectivity index (χ2n) is 8.85. The van der Waals surface area contributed by atoms with Crippen molar-refractivity contribution in [3.05, 3.63) is 35.9 Å². The number of hydrogen-bond acceptors (Lipinski definition) is 6. The Labute approximate surface area is 179 Å². The molecule has 1 aliphatic heterocycles. The van der Waals surface area contributed by atoms with Crippen LogP contribution in [-0.4, -0.2) is 61.8 Å². The first-order valence-corrected chi connectivity index (χ1v) is 10.6. The van der Waals surface area contributed by atoms with Crippen molar-refractivity contribution in [3.63, 3.8) is 0 Å². The van der Waals surface area contributed by atoms with Crippen LogP contribution in [0.15, 0.2) is 30.3 Å². The summed E-state index contributed by atoms with van der Waals surface area (Å²) in [6, 6.07) is 8.73. The molecule has 0 radical (unpaired) electrons. The van der Waals surface area contributed by atoms with E-state index in [-0.39, 0.29) is 12.0 Å². The summed E-state index contributed by atoms with van der Waals surface area (Å²) in [5, 5.41) is 0. The lowest BCUT2D eigenvalue weighted by Crippen LogP contribution is -2.53. The van der Waals surface area contributed by atoms with Crippen LogP contribution >= 0.6 is 0 Å². The smallest absolute Gasteiger partial charge is 0.328 e. The van der Waals surface area contributed by atoms with E-state index < -0.39 is 23.5 Å². The maximum absolute atomic E-state index is 12.9. The Bertz CT molecular complexity index is 674. The highest BCUT2D eigenvalue weighted by atomic mass is 16.5. The third-order valence-electron chi connectivity index (χ3n) is 5.37. The van der Waals surface area contributed by atoms with Crippen molar-refractivity contribution >= 4 is 11.9 Å². The number of ether oxygens (including phenoxy) is 3. The summed E-state index contributed by atoms with van der Waals surface area (Å²) in [5.74, 6) is -0.664. The summed E-state index contributed by atoms with van der Waals surface area (Å²) < 4.78 is 16.5. The monoisotopic (exact) mass is 420 g/mol. The molecule has 7 heteroatoms. The van der Waals surface area contributed by atoms with Gasteiger partial charge in [0.1, 0.15) is 6.04 Å². The van der Waals surface area contributed by atoms with Gasteiger partial charge in [-0.3, -0.25) is 4.79 Å². The minimum atomic E-state index is -0.690. The van der Waals surface area contributed by atoms with Gasteiger partial charge in [0, 0.05) is 26.2 Å². The molecule has 3 atom stereocenters. The van der Waals surface area contributed by atoms with Gasteiger partial charge in [-0.05, 0) is 23.8 Å². The highest BCUT2D eigenvalue weighted by Gasteiger charge is 2.44. The van der Waals surface area contributed by atoms with Crippen LogP contribution in [0, 0.1) is 5.41 Å². The summed E-state index contributed by atoms with van der Waals surface area (Å²) in [5.41, 5.74) is 6.90. The molecule has 1 unspecified atom stereocenters. The molecule has 1 fully saturated rings. The number of rotatable bonds is 10. The third kappa shape index (κ3) is 7.07. The zero-order valence-corrected chi connectivity index (χ0v) is 18.6. The number of methoxy groups -OCH3 is 1. The van der Waals surface area contributed by atoms with Crippen molar-refractivity contribution in [1.82, 2.24) is 4.90 Å². The predicted molar refractivity (Wildman–Crippen MR) is 115 cm³/mol. The van der Waals surface area contributed by atoms with Crippen molar-refractivity contribution < 1.29 is 23.8 Å². The highest BCUT2D eigenvalue weighted by Crippen LogP contribution is 2.26. The fourth-order valence-electron chi connectivity index (χ4n) is 3.39. The Balaban J connectivity index is 1.74. The molecule has 0 saturated carbocycles. The van der Waals surface area contributed by atoms with Gasteiger partial charge in [0.15, 0.2) is 0 Å². The van der Waals surface area contributed by atoms with Crippen LogP contribution in [0.3, 0.4) is 0 Å². The number of carbonyl (C=O) groups is 2. The van der Waals surface area contributed by atoms with E-state index >= 15 is 0 Å². The van der Waals surface area contributed by atoms with Crippen molar-refractivity contribution in [2.75, 3.05) is 26.9 Å². The lowest BCUT2D eigenvalue weighted by molar-refractivity contribution is -0.152. The normalized spacial score (nSPS) is 20.2. The molecule has 0 bridgehead atoms. The molecule has 2 rings (SSSR count). The zero-order valence-electron chi connectivity index (χ0n) is 18.6. The van der Waals surface area contributed by atoms with Gasteiger partial charge < -0.3 is 24.8 Å². The molecule has 2 N–H and O–H groups in total. The van der Waals surface area contributed by atoms with E-state index in [0.717, 1.165) is 18.4 Å². The van der Waals surface area contributed by atoms with E-state index in [9.17, 15) is 9.59 Å². The largest absolute Gasteiger partial charge is 0.467 e. The molecule has 0 aliphatic carbocycles. The molecular weight excluding hydrogens is 384 g/mol. The van der Waals surface area contributed by atoms with Crippen LogP contribution in [-0.2, 0) is 30.4 Å². The van der Waals surface area contributed by atoms with Gasteiger partial charge in [0.05, 0.1) is 25.9 Å². The number of hydrogen-bond donors (Lipinski definition) is 1. The Hall–Kier alpha value is -1.96. The minimum Gasteiger partial charge on any atom is -0.467 e. The molecule has 1 amide bonds. The standard InChI is InChI=1S/C23H36N2O5/c1-23(2,3)20(24)21(26)25-15-18(14-19(25)22(27)28-4)30-13-9-8-12-29-16-17-10-6-5-7-11-17/h5-7,10-11,18-20H,8-9,12-16,24H2,1-4H3/t18?,19-,20+/m0/s1. The fraction of sp³-hybridized carbons (Fsp3) is 0.652. The fourth-order valence-corrected chi connectivity index (χ4v) is 3.39. The van der Waals surface area contributed by atoms with Crippen molar-refractivity contribution in [2.24, 2.45) is 11.1 Å². The molecule has 1 saturated heterocycles. The molecular formula is C23H36N2O5. The second kappa shape index (κ2) is 11.4. The number of amides is 1. The second-order valence-corrected chi connectivity index (χ2v) is 8.85. The van der Waals surface area contributed by atoms with E-state index in [1.54, 1.807) is 0 Å². The average molecular weight is 421 g/mol. The molecule has 1 heterocycles. The highest BCUT2D eigenvalue weighted by molar-refractivity contribution is 5.88. The summed E-state index contributed by atoms with van der Waals surface area (Å²) in [7, 11) is 1.33. The van der Waals surface area contributed by atoms with Gasteiger partial charge in [0.25, 0.3) is 0 Å². The van der Waals surface area contributed by atoms with E-state index in [1.165, 1.54) is 12.0 Å². The number of unbranched alkanes of at least 4 members (excludes halogenated alkanes) is 1. The Morgan fingerprint density at radius 3 is 2.47 bits per heavy atom.